The normalized spacial score (nSPS) is 10.4. The van der Waals surface area contributed by atoms with Gasteiger partial charge in [-0.1, -0.05) is 41.0 Å². The molecule has 6 nitrogen and oxygen atoms in total. The highest BCUT2D eigenvalue weighted by Gasteiger charge is 2.12. The van der Waals surface area contributed by atoms with E-state index < -0.39 is 0 Å². The Labute approximate surface area is 155 Å². The van der Waals surface area contributed by atoms with Crippen molar-refractivity contribution in [3.63, 3.8) is 0 Å². The molecule has 0 aliphatic carbocycles. The summed E-state index contributed by atoms with van der Waals surface area (Å²) in [5.74, 6) is 0.241. The van der Waals surface area contributed by atoms with E-state index in [2.05, 4.69) is 15.8 Å². The molecular weight excluding hydrogens is 354 g/mol. The summed E-state index contributed by atoms with van der Waals surface area (Å²) in [5.41, 5.74) is 1.54. The molecule has 7 heteroatoms. The van der Waals surface area contributed by atoms with Crippen molar-refractivity contribution in [2.24, 2.45) is 0 Å². The molecule has 0 unspecified atom stereocenters. The molecular formula is C19H16ClN3O3. The first kappa shape index (κ1) is 17.7. The first-order valence-corrected chi connectivity index (χ1v) is 8.27. The van der Waals surface area contributed by atoms with Crippen LogP contribution in [0.4, 0.5) is 5.82 Å². The zero-order valence-electron chi connectivity index (χ0n) is 14.0. The molecule has 1 heterocycles. The predicted molar refractivity (Wildman–Crippen MR) is 98.3 cm³/mol. The Bertz CT molecular complexity index is 952. The van der Waals surface area contributed by atoms with Gasteiger partial charge in [0.1, 0.15) is 5.76 Å². The van der Waals surface area contributed by atoms with Crippen LogP contribution in [0.15, 0.2) is 59.1 Å². The third kappa shape index (κ3) is 4.29. The second kappa shape index (κ2) is 7.84. The van der Waals surface area contributed by atoms with E-state index in [1.165, 1.54) is 6.07 Å². The largest absolute Gasteiger partial charge is 0.360 e. The monoisotopic (exact) mass is 369 g/mol. The summed E-state index contributed by atoms with van der Waals surface area (Å²) in [7, 11) is 0. The highest BCUT2D eigenvalue weighted by atomic mass is 35.5. The van der Waals surface area contributed by atoms with Gasteiger partial charge in [0.05, 0.1) is 0 Å². The van der Waals surface area contributed by atoms with Gasteiger partial charge in [0.25, 0.3) is 11.8 Å². The highest BCUT2D eigenvalue weighted by Crippen LogP contribution is 2.15. The Morgan fingerprint density at radius 1 is 1.04 bits per heavy atom. The van der Waals surface area contributed by atoms with Gasteiger partial charge in [0, 0.05) is 28.8 Å². The minimum atomic E-state index is -0.376. The number of nitrogens with zero attached hydrogens (tertiary/aromatic N) is 1. The number of aryl methyl sites for hydroxylation is 1. The number of benzene rings is 2. The molecule has 0 saturated carbocycles. The predicted octanol–water partition coefficient (Wildman–Crippen LogP) is 3.82. The van der Waals surface area contributed by atoms with Crippen molar-refractivity contribution < 1.29 is 14.1 Å². The van der Waals surface area contributed by atoms with Crippen LogP contribution in [0.3, 0.4) is 0 Å². The summed E-state index contributed by atoms with van der Waals surface area (Å²) in [6.45, 7) is 2.03. The molecule has 132 valence electrons. The quantitative estimate of drug-likeness (QED) is 0.716. The van der Waals surface area contributed by atoms with Gasteiger partial charge in [-0.3, -0.25) is 9.59 Å². The third-order valence-corrected chi connectivity index (χ3v) is 4.02. The van der Waals surface area contributed by atoms with E-state index >= 15 is 0 Å². The van der Waals surface area contributed by atoms with E-state index in [1.54, 1.807) is 37.3 Å². The Hall–Kier alpha value is -3.12. The molecule has 1 aromatic heterocycles. The minimum absolute atomic E-state index is 0.295. The molecule has 0 radical (unpaired) electrons. The molecule has 0 fully saturated rings. The number of aromatic nitrogens is 1. The molecule has 0 aliphatic heterocycles. The first-order valence-electron chi connectivity index (χ1n) is 7.89. The van der Waals surface area contributed by atoms with Gasteiger partial charge in [-0.2, -0.15) is 0 Å². The summed E-state index contributed by atoms with van der Waals surface area (Å²) >= 11 is 6.08. The number of anilines is 1. The van der Waals surface area contributed by atoms with Gasteiger partial charge in [0.2, 0.25) is 0 Å². The zero-order valence-corrected chi connectivity index (χ0v) is 14.7. The van der Waals surface area contributed by atoms with Crippen LogP contribution < -0.4 is 10.6 Å². The van der Waals surface area contributed by atoms with Crippen molar-refractivity contribution in [3.05, 3.63) is 82.1 Å². The van der Waals surface area contributed by atoms with E-state index in [1.807, 2.05) is 18.2 Å². The number of hydrogen-bond acceptors (Lipinski definition) is 4. The number of hydrogen-bond donors (Lipinski definition) is 2. The van der Waals surface area contributed by atoms with E-state index in [9.17, 15) is 9.59 Å². The summed E-state index contributed by atoms with van der Waals surface area (Å²) in [6.07, 6.45) is 0. The van der Waals surface area contributed by atoms with Crippen LogP contribution in [-0.2, 0) is 6.54 Å². The lowest BCUT2D eigenvalue weighted by molar-refractivity contribution is 0.0951. The lowest BCUT2D eigenvalue weighted by Gasteiger charge is -2.08. The Balaban J connectivity index is 1.67. The molecule has 0 bridgehead atoms. The summed E-state index contributed by atoms with van der Waals surface area (Å²) in [4.78, 5) is 24.6. The first-order chi connectivity index (χ1) is 12.5. The van der Waals surface area contributed by atoms with Crippen LogP contribution in [0.1, 0.15) is 32.0 Å². The number of carbonyl (C=O) groups excluding carboxylic acids is 2. The average Bonchev–Trinajstić information content (AvgIpc) is 3.05. The molecule has 2 aromatic carbocycles. The SMILES string of the molecule is Cc1cc(NC(=O)c2cccc(C(=O)NCc3ccccc3Cl)c2)no1. The maximum Gasteiger partial charge on any atom is 0.256 e. The number of halogens is 1. The van der Waals surface area contributed by atoms with Crippen LogP contribution in [0, 0.1) is 6.92 Å². The van der Waals surface area contributed by atoms with Crippen molar-refractivity contribution in [2.75, 3.05) is 5.32 Å². The average molecular weight is 370 g/mol. The van der Waals surface area contributed by atoms with Crippen molar-refractivity contribution >= 4 is 29.2 Å². The third-order valence-electron chi connectivity index (χ3n) is 3.65. The van der Waals surface area contributed by atoms with Gasteiger partial charge in [0.15, 0.2) is 5.82 Å². The number of nitrogens with one attached hydrogen (secondary N) is 2. The van der Waals surface area contributed by atoms with E-state index in [-0.39, 0.29) is 11.8 Å². The molecule has 2 amide bonds. The summed E-state index contributed by atoms with van der Waals surface area (Å²) in [5, 5.41) is 9.71. The van der Waals surface area contributed by atoms with Crippen molar-refractivity contribution in [1.82, 2.24) is 10.5 Å². The minimum Gasteiger partial charge on any atom is -0.360 e. The number of amides is 2. The van der Waals surface area contributed by atoms with Crippen LogP contribution >= 0.6 is 11.6 Å². The lowest BCUT2D eigenvalue weighted by Crippen LogP contribution is -2.23. The molecule has 0 saturated heterocycles. The molecule has 0 aliphatic rings. The van der Waals surface area contributed by atoms with Crippen molar-refractivity contribution in [1.29, 1.82) is 0 Å². The number of carbonyl (C=O) groups is 2. The van der Waals surface area contributed by atoms with Gasteiger partial charge >= 0.3 is 0 Å². The topological polar surface area (TPSA) is 84.2 Å². The highest BCUT2D eigenvalue weighted by molar-refractivity contribution is 6.31. The van der Waals surface area contributed by atoms with Gasteiger partial charge in [-0.05, 0) is 36.8 Å². The second-order valence-electron chi connectivity index (χ2n) is 5.63. The molecule has 0 atom stereocenters. The lowest BCUT2D eigenvalue weighted by atomic mass is 10.1. The molecule has 3 aromatic rings. The molecule has 2 N–H and O–H groups in total. The van der Waals surface area contributed by atoms with Crippen LogP contribution in [0.25, 0.3) is 0 Å². The van der Waals surface area contributed by atoms with Crippen LogP contribution in [0.5, 0.6) is 0 Å². The fraction of sp³-hybridized carbons (Fsp3) is 0.105. The standard InChI is InChI=1S/C19H16ClN3O3/c1-12-9-17(23-26-12)22-19(25)14-7-4-6-13(10-14)18(24)21-11-15-5-2-3-8-16(15)20/h2-10H,11H2,1H3,(H,21,24)(H,22,23,25). The van der Waals surface area contributed by atoms with E-state index in [0.717, 1.165) is 5.56 Å². The van der Waals surface area contributed by atoms with Gasteiger partial charge in [-0.25, -0.2) is 0 Å². The van der Waals surface area contributed by atoms with Crippen molar-refractivity contribution in [3.8, 4) is 0 Å². The number of rotatable bonds is 5. The van der Waals surface area contributed by atoms with Gasteiger partial charge < -0.3 is 15.2 Å². The second-order valence-corrected chi connectivity index (χ2v) is 6.04. The molecule has 3 rings (SSSR count). The molecule has 26 heavy (non-hydrogen) atoms. The smallest absolute Gasteiger partial charge is 0.256 e. The van der Waals surface area contributed by atoms with Gasteiger partial charge in [-0.15, -0.1) is 0 Å². The Kier molecular flexibility index (Phi) is 5.34. The van der Waals surface area contributed by atoms with Crippen molar-refractivity contribution in [2.45, 2.75) is 13.5 Å². The van der Waals surface area contributed by atoms with E-state index in [4.69, 9.17) is 16.1 Å². The Morgan fingerprint density at radius 2 is 1.77 bits per heavy atom. The Morgan fingerprint density at radius 3 is 2.46 bits per heavy atom. The maximum atomic E-state index is 12.4. The maximum absolute atomic E-state index is 12.4. The fourth-order valence-electron chi connectivity index (χ4n) is 2.33. The zero-order chi connectivity index (χ0) is 18.5. The summed E-state index contributed by atoms with van der Waals surface area (Å²) < 4.78 is 4.91. The van der Waals surface area contributed by atoms with Crippen LogP contribution in [0.2, 0.25) is 5.02 Å². The van der Waals surface area contributed by atoms with Crippen LogP contribution in [-0.4, -0.2) is 17.0 Å². The summed E-state index contributed by atoms with van der Waals surface area (Å²) in [6, 6.07) is 15.3. The van der Waals surface area contributed by atoms with E-state index in [0.29, 0.717) is 34.3 Å². The fourth-order valence-corrected chi connectivity index (χ4v) is 2.54. The molecule has 0 spiro atoms.